The van der Waals surface area contributed by atoms with Crippen molar-refractivity contribution >= 4 is 44.8 Å². The number of likely N-dealkylation sites (N-methyl/N-ethyl adjacent to an activating group) is 2. The summed E-state index contributed by atoms with van der Waals surface area (Å²) in [5.74, 6) is 0.324. The number of halogens is 1. The average Bonchev–Trinajstić information content (AvgIpc) is 3.37. The molecule has 8 heteroatoms. The zero-order chi connectivity index (χ0) is 20.8. The van der Waals surface area contributed by atoms with Crippen molar-refractivity contribution < 1.29 is 14.0 Å². The summed E-state index contributed by atoms with van der Waals surface area (Å²) in [7, 11) is 3.60. The number of anilines is 1. The van der Waals surface area contributed by atoms with Gasteiger partial charge in [-0.25, -0.2) is 0 Å². The highest BCUT2D eigenvalue weighted by Gasteiger charge is 2.19. The number of furan rings is 1. The first-order valence-electron chi connectivity index (χ1n) is 9.03. The molecule has 0 aliphatic rings. The SMILES string of the molecule is CN(CC(=O)N(C)c1ccccc1C(=O)NCc1ccco1)Cc1ccc(Br)s1. The maximum absolute atomic E-state index is 12.8. The van der Waals surface area contributed by atoms with Gasteiger partial charge < -0.3 is 14.6 Å². The fraction of sp³-hybridized carbons (Fsp3) is 0.238. The second kappa shape index (κ2) is 9.87. The first-order chi connectivity index (χ1) is 13.9. The van der Waals surface area contributed by atoms with Crippen LogP contribution < -0.4 is 10.2 Å². The Morgan fingerprint density at radius 2 is 1.90 bits per heavy atom. The van der Waals surface area contributed by atoms with Crippen molar-refractivity contribution in [2.75, 3.05) is 25.5 Å². The summed E-state index contributed by atoms with van der Waals surface area (Å²) in [5.41, 5.74) is 1.02. The number of hydrogen-bond donors (Lipinski definition) is 1. The van der Waals surface area contributed by atoms with Crippen LogP contribution in [0.5, 0.6) is 0 Å². The molecule has 3 aromatic rings. The van der Waals surface area contributed by atoms with E-state index in [9.17, 15) is 9.59 Å². The van der Waals surface area contributed by atoms with E-state index in [0.717, 1.165) is 3.79 Å². The van der Waals surface area contributed by atoms with E-state index in [4.69, 9.17) is 4.42 Å². The van der Waals surface area contributed by atoms with Crippen LogP contribution in [0.2, 0.25) is 0 Å². The summed E-state index contributed by atoms with van der Waals surface area (Å²) in [6, 6.07) is 14.7. The highest BCUT2D eigenvalue weighted by Crippen LogP contribution is 2.23. The summed E-state index contributed by atoms with van der Waals surface area (Å²) in [6.45, 7) is 1.21. The summed E-state index contributed by atoms with van der Waals surface area (Å²) in [5, 5.41) is 2.83. The van der Waals surface area contributed by atoms with Crippen LogP contribution in [0.4, 0.5) is 5.69 Å². The Morgan fingerprint density at radius 1 is 1.10 bits per heavy atom. The summed E-state index contributed by atoms with van der Waals surface area (Å²) in [4.78, 5) is 30.1. The van der Waals surface area contributed by atoms with E-state index < -0.39 is 0 Å². The van der Waals surface area contributed by atoms with Gasteiger partial charge in [-0.1, -0.05) is 12.1 Å². The van der Waals surface area contributed by atoms with Crippen LogP contribution in [0.3, 0.4) is 0 Å². The molecule has 0 saturated heterocycles. The van der Waals surface area contributed by atoms with Gasteiger partial charge in [0, 0.05) is 18.5 Å². The summed E-state index contributed by atoms with van der Waals surface area (Å²) >= 11 is 5.10. The minimum Gasteiger partial charge on any atom is -0.467 e. The monoisotopic (exact) mass is 475 g/mol. The molecule has 152 valence electrons. The van der Waals surface area contributed by atoms with Crippen LogP contribution in [-0.2, 0) is 17.9 Å². The number of carbonyl (C=O) groups is 2. The molecular formula is C21H22BrN3O3S. The van der Waals surface area contributed by atoms with Crippen LogP contribution in [0.15, 0.2) is 63.0 Å². The predicted octanol–water partition coefficient (Wildman–Crippen LogP) is 4.13. The topological polar surface area (TPSA) is 65.8 Å². The van der Waals surface area contributed by atoms with E-state index in [2.05, 4.69) is 21.2 Å². The number of thiophene rings is 1. The molecule has 29 heavy (non-hydrogen) atoms. The van der Waals surface area contributed by atoms with Crippen molar-refractivity contribution in [2.24, 2.45) is 0 Å². The Bertz CT molecular complexity index is 971. The molecule has 0 unspecified atom stereocenters. The Morgan fingerprint density at radius 3 is 2.59 bits per heavy atom. The summed E-state index contributed by atoms with van der Waals surface area (Å²) in [6.07, 6.45) is 1.56. The highest BCUT2D eigenvalue weighted by atomic mass is 79.9. The van der Waals surface area contributed by atoms with Crippen molar-refractivity contribution in [3.63, 3.8) is 0 Å². The Kier molecular flexibility index (Phi) is 7.24. The molecule has 0 aliphatic carbocycles. The lowest BCUT2D eigenvalue weighted by molar-refractivity contribution is -0.119. The molecule has 6 nitrogen and oxygen atoms in total. The number of nitrogens with zero attached hydrogens (tertiary/aromatic N) is 2. The average molecular weight is 476 g/mol. The van der Waals surface area contributed by atoms with Crippen molar-refractivity contribution in [1.29, 1.82) is 0 Å². The van der Waals surface area contributed by atoms with Gasteiger partial charge in [0.05, 0.1) is 34.4 Å². The molecule has 0 fully saturated rings. The largest absolute Gasteiger partial charge is 0.467 e. The number of nitrogens with one attached hydrogen (secondary N) is 1. The van der Waals surface area contributed by atoms with Crippen molar-refractivity contribution in [3.05, 3.63) is 74.8 Å². The first kappa shape index (κ1) is 21.3. The molecule has 0 aliphatic heterocycles. The van der Waals surface area contributed by atoms with Gasteiger partial charge in [-0.15, -0.1) is 11.3 Å². The third-order valence-electron chi connectivity index (χ3n) is 4.35. The van der Waals surface area contributed by atoms with E-state index in [1.807, 2.05) is 30.1 Å². The third-order valence-corrected chi connectivity index (χ3v) is 5.96. The first-order valence-corrected chi connectivity index (χ1v) is 10.6. The van der Waals surface area contributed by atoms with Crippen molar-refractivity contribution in [3.8, 4) is 0 Å². The lowest BCUT2D eigenvalue weighted by Gasteiger charge is -2.23. The van der Waals surface area contributed by atoms with Crippen molar-refractivity contribution in [2.45, 2.75) is 13.1 Å². The predicted molar refractivity (Wildman–Crippen MR) is 118 cm³/mol. The molecule has 3 rings (SSSR count). The van der Waals surface area contributed by atoms with Gasteiger partial charge in [-0.05, 0) is 59.4 Å². The smallest absolute Gasteiger partial charge is 0.253 e. The Balaban J connectivity index is 1.64. The summed E-state index contributed by atoms with van der Waals surface area (Å²) < 4.78 is 6.31. The molecule has 0 bridgehead atoms. The minimum atomic E-state index is -0.256. The highest BCUT2D eigenvalue weighted by molar-refractivity contribution is 9.11. The fourth-order valence-electron chi connectivity index (χ4n) is 2.86. The molecular weight excluding hydrogens is 454 g/mol. The zero-order valence-corrected chi connectivity index (χ0v) is 18.6. The van der Waals surface area contributed by atoms with Crippen LogP contribution in [0, 0.1) is 0 Å². The van der Waals surface area contributed by atoms with Gasteiger partial charge in [-0.2, -0.15) is 0 Å². The molecule has 2 amide bonds. The van der Waals surface area contributed by atoms with Crippen LogP contribution >= 0.6 is 27.3 Å². The standard InChI is InChI=1S/C21H22BrN3O3S/c1-24(13-16-9-10-19(22)29-16)14-20(26)25(2)18-8-4-3-7-17(18)21(27)23-12-15-6-5-11-28-15/h3-11H,12-14H2,1-2H3,(H,23,27). The number of rotatable bonds is 8. The van der Waals surface area contributed by atoms with Crippen LogP contribution in [0.1, 0.15) is 21.0 Å². The number of para-hydroxylation sites is 1. The molecule has 0 radical (unpaired) electrons. The second-order valence-electron chi connectivity index (χ2n) is 6.61. The second-order valence-corrected chi connectivity index (χ2v) is 9.16. The van der Waals surface area contributed by atoms with E-state index >= 15 is 0 Å². The number of hydrogen-bond acceptors (Lipinski definition) is 5. The molecule has 0 atom stereocenters. The van der Waals surface area contributed by atoms with Gasteiger partial charge in [0.15, 0.2) is 0 Å². The van der Waals surface area contributed by atoms with Gasteiger partial charge >= 0.3 is 0 Å². The third kappa shape index (κ3) is 5.79. The van der Waals surface area contributed by atoms with Gasteiger partial charge in [0.2, 0.25) is 5.91 Å². The lowest BCUT2D eigenvalue weighted by Crippen LogP contribution is -2.37. The quantitative estimate of drug-likeness (QED) is 0.531. The van der Waals surface area contributed by atoms with Gasteiger partial charge in [-0.3, -0.25) is 14.5 Å². The van der Waals surface area contributed by atoms with E-state index in [1.54, 1.807) is 55.0 Å². The van der Waals surface area contributed by atoms with Crippen LogP contribution in [0.25, 0.3) is 0 Å². The maximum Gasteiger partial charge on any atom is 0.253 e. The zero-order valence-electron chi connectivity index (χ0n) is 16.2. The number of carbonyl (C=O) groups excluding carboxylic acids is 2. The molecule has 2 aromatic heterocycles. The minimum absolute atomic E-state index is 0.0885. The van der Waals surface area contributed by atoms with Gasteiger partial charge in [0.25, 0.3) is 5.91 Å². The fourth-order valence-corrected chi connectivity index (χ4v) is 4.43. The van der Waals surface area contributed by atoms with E-state index in [-0.39, 0.29) is 24.9 Å². The van der Waals surface area contributed by atoms with Crippen molar-refractivity contribution in [1.82, 2.24) is 10.2 Å². The molecule has 1 N–H and O–H groups in total. The number of amides is 2. The Hall–Kier alpha value is -2.42. The molecule has 1 aromatic carbocycles. The number of benzene rings is 1. The normalized spacial score (nSPS) is 10.9. The molecule has 0 spiro atoms. The van der Waals surface area contributed by atoms with E-state index in [1.165, 1.54) is 9.78 Å². The maximum atomic E-state index is 12.8. The molecule has 0 saturated carbocycles. The molecule has 2 heterocycles. The van der Waals surface area contributed by atoms with Crippen LogP contribution in [-0.4, -0.2) is 37.4 Å². The Labute approximate surface area is 182 Å². The lowest BCUT2D eigenvalue weighted by atomic mass is 10.1. The van der Waals surface area contributed by atoms with E-state index in [0.29, 0.717) is 23.6 Å². The van der Waals surface area contributed by atoms with Gasteiger partial charge in [0.1, 0.15) is 5.76 Å².